The Morgan fingerprint density at radius 1 is 1.15 bits per heavy atom. The molecule has 0 aliphatic carbocycles. The summed E-state index contributed by atoms with van der Waals surface area (Å²) in [6, 6.07) is 13.4. The highest BCUT2D eigenvalue weighted by atomic mass is 32.2. The SMILES string of the molecule is CCNC(Cc1cccnc1)c1ccc(SCC)cc1. The number of rotatable bonds is 7. The zero-order valence-corrected chi connectivity index (χ0v) is 13.0. The molecule has 2 nitrogen and oxygen atoms in total. The number of hydrogen-bond donors (Lipinski definition) is 1. The second-order valence-electron chi connectivity index (χ2n) is 4.68. The average Bonchev–Trinajstić information content (AvgIpc) is 2.49. The number of pyridine rings is 1. The van der Waals surface area contributed by atoms with E-state index in [1.165, 1.54) is 16.0 Å². The summed E-state index contributed by atoms with van der Waals surface area (Å²) in [5.74, 6) is 1.12. The van der Waals surface area contributed by atoms with Gasteiger partial charge in [-0.25, -0.2) is 0 Å². The van der Waals surface area contributed by atoms with Crippen LogP contribution in [-0.4, -0.2) is 17.3 Å². The molecule has 1 N–H and O–H groups in total. The Labute approximate surface area is 126 Å². The van der Waals surface area contributed by atoms with E-state index in [2.05, 4.69) is 54.5 Å². The van der Waals surface area contributed by atoms with Crippen LogP contribution in [0, 0.1) is 0 Å². The van der Waals surface area contributed by atoms with Crippen molar-refractivity contribution in [2.45, 2.75) is 31.2 Å². The number of thioether (sulfide) groups is 1. The average molecular weight is 286 g/mol. The van der Waals surface area contributed by atoms with Crippen LogP contribution in [0.5, 0.6) is 0 Å². The van der Waals surface area contributed by atoms with Gasteiger partial charge in [0, 0.05) is 23.3 Å². The summed E-state index contributed by atoms with van der Waals surface area (Å²) in [7, 11) is 0. The maximum absolute atomic E-state index is 4.20. The Kier molecular flexibility index (Phi) is 6.09. The van der Waals surface area contributed by atoms with Crippen molar-refractivity contribution >= 4 is 11.8 Å². The summed E-state index contributed by atoms with van der Waals surface area (Å²) in [6.07, 6.45) is 4.75. The van der Waals surface area contributed by atoms with Crippen molar-refractivity contribution in [1.29, 1.82) is 0 Å². The molecule has 0 aliphatic heterocycles. The molecular formula is C17H22N2S. The Morgan fingerprint density at radius 3 is 2.55 bits per heavy atom. The van der Waals surface area contributed by atoms with Gasteiger partial charge in [-0.15, -0.1) is 11.8 Å². The predicted molar refractivity (Wildman–Crippen MR) is 87.2 cm³/mol. The van der Waals surface area contributed by atoms with Crippen LogP contribution in [0.15, 0.2) is 53.7 Å². The van der Waals surface area contributed by atoms with Crippen molar-refractivity contribution in [3.8, 4) is 0 Å². The van der Waals surface area contributed by atoms with E-state index in [-0.39, 0.29) is 0 Å². The third-order valence-corrected chi connectivity index (χ3v) is 4.10. The Balaban J connectivity index is 2.11. The number of nitrogens with one attached hydrogen (secondary N) is 1. The van der Waals surface area contributed by atoms with Gasteiger partial charge in [-0.3, -0.25) is 4.98 Å². The maximum Gasteiger partial charge on any atom is 0.0361 e. The largest absolute Gasteiger partial charge is 0.310 e. The number of aromatic nitrogens is 1. The van der Waals surface area contributed by atoms with Gasteiger partial charge in [-0.1, -0.05) is 32.0 Å². The zero-order chi connectivity index (χ0) is 14.2. The first-order valence-electron chi connectivity index (χ1n) is 7.18. The van der Waals surface area contributed by atoms with Gasteiger partial charge in [-0.05, 0) is 48.0 Å². The molecular weight excluding hydrogens is 264 g/mol. The molecule has 0 amide bonds. The summed E-state index contributed by atoms with van der Waals surface area (Å²) in [4.78, 5) is 5.54. The van der Waals surface area contributed by atoms with Crippen molar-refractivity contribution in [2.75, 3.05) is 12.3 Å². The minimum absolute atomic E-state index is 0.352. The van der Waals surface area contributed by atoms with E-state index in [1.807, 2.05) is 30.2 Å². The Hall–Kier alpha value is -1.32. The molecule has 0 spiro atoms. The minimum atomic E-state index is 0.352. The van der Waals surface area contributed by atoms with Gasteiger partial charge < -0.3 is 5.32 Å². The van der Waals surface area contributed by atoms with Crippen LogP contribution in [0.2, 0.25) is 0 Å². The van der Waals surface area contributed by atoms with Gasteiger partial charge in [0.1, 0.15) is 0 Å². The van der Waals surface area contributed by atoms with Crippen LogP contribution in [0.1, 0.15) is 31.0 Å². The van der Waals surface area contributed by atoms with Crippen LogP contribution < -0.4 is 5.32 Å². The first-order chi connectivity index (χ1) is 9.83. The lowest BCUT2D eigenvalue weighted by Crippen LogP contribution is -2.22. The second-order valence-corrected chi connectivity index (χ2v) is 6.02. The van der Waals surface area contributed by atoms with Crippen molar-refractivity contribution in [1.82, 2.24) is 10.3 Å². The number of nitrogens with zero attached hydrogens (tertiary/aromatic N) is 1. The van der Waals surface area contributed by atoms with Crippen molar-refractivity contribution in [3.05, 3.63) is 59.9 Å². The summed E-state index contributed by atoms with van der Waals surface area (Å²) in [5.41, 5.74) is 2.61. The predicted octanol–water partition coefficient (Wildman–Crippen LogP) is 4.09. The minimum Gasteiger partial charge on any atom is -0.310 e. The molecule has 0 fully saturated rings. The number of hydrogen-bond acceptors (Lipinski definition) is 3. The molecule has 0 aliphatic rings. The first kappa shape index (κ1) is 15.1. The Morgan fingerprint density at radius 2 is 1.95 bits per heavy atom. The van der Waals surface area contributed by atoms with E-state index in [0.717, 1.165) is 18.7 Å². The Bertz CT molecular complexity index is 496. The molecule has 20 heavy (non-hydrogen) atoms. The van der Waals surface area contributed by atoms with Crippen molar-refractivity contribution < 1.29 is 0 Å². The third kappa shape index (κ3) is 4.36. The third-order valence-electron chi connectivity index (χ3n) is 3.21. The molecule has 1 aromatic carbocycles. The standard InChI is InChI=1S/C17H22N2S/c1-3-19-17(12-14-6-5-11-18-13-14)15-7-9-16(10-8-15)20-4-2/h5-11,13,17,19H,3-4,12H2,1-2H3. The summed E-state index contributed by atoms with van der Waals surface area (Å²) in [5, 5.41) is 3.56. The number of benzene rings is 1. The summed E-state index contributed by atoms with van der Waals surface area (Å²) in [6.45, 7) is 5.30. The van der Waals surface area contributed by atoms with Gasteiger partial charge >= 0.3 is 0 Å². The quantitative estimate of drug-likeness (QED) is 0.776. The van der Waals surface area contributed by atoms with E-state index in [9.17, 15) is 0 Å². The highest BCUT2D eigenvalue weighted by molar-refractivity contribution is 7.99. The highest BCUT2D eigenvalue weighted by Gasteiger charge is 2.11. The number of likely N-dealkylation sites (N-methyl/N-ethyl adjacent to an activating group) is 1. The lowest BCUT2D eigenvalue weighted by molar-refractivity contribution is 0.549. The highest BCUT2D eigenvalue weighted by Crippen LogP contribution is 2.23. The van der Waals surface area contributed by atoms with Gasteiger partial charge in [0.05, 0.1) is 0 Å². The molecule has 2 aromatic rings. The smallest absolute Gasteiger partial charge is 0.0361 e. The van der Waals surface area contributed by atoms with E-state index < -0.39 is 0 Å². The van der Waals surface area contributed by atoms with E-state index >= 15 is 0 Å². The molecule has 0 saturated carbocycles. The van der Waals surface area contributed by atoms with E-state index in [1.54, 1.807) is 0 Å². The molecule has 106 valence electrons. The van der Waals surface area contributed by atoms with Gasteiger partial charge in [0.25, 0.3) is 0 Å². The van der Waals surface area contributed by atoms with E-state index in [0.29, 0.717) is 6.04 Å². The molecule has 3 heteroatoms. The van der Waals surface area contributed by atoms with Gasteiger partial charge in [-0.2, -0.15) is 0 Å². The lowest BCUT2D eigenvalue weighted by Gasteiger charge is -2.18. The van der Waals surface area contributed by atoms with Crippen LogP contribution >= 0.6 is 11.8 Å². The van der Waals surface area contributed by atoms with Crippen LogP contribution in [-0.2, 0) is 6.42 Å². The van der Waals surface area contributed by atoms with Gasteiger partial charge in [0.2, 0.25) is 0 Å². The monoisotopic (exact) mass is 286 g/mol. The molecule has 2 rings (SSSR count). The molecule has 1 aromatic heterocycles. The molecule has 1 heterocycles. The fourth-order valence-electron chi connectivity index (χ4n) is 2.27. The lowest BCUT2D eigenvalue weighted by atomic mass is 10.00. The fraction of sp³-hybridized carbons (Fsp3) is 0.353. The normalized spacial score (nSPS) is 12.3. The van der Waals surface area contributed by atoms with Crippen molar-refractivity contribution in [3.63, 3.8) is 0 Å². The van der Waals surface area contributed by atoms with Crippen LogP contribution in [0.25, 0.3) is 0 Å². The van der Waals surface area contributed by atoms with Crippen LogP contribution in [0.4, 0.5) is 0 Å². The van der Waals surface area contributed by atoms with Gasteiger partial charge in [0.15, 0.2) is 0 Å². The first-order valence-corrected chi connectivity index (χ1v) is 8.17. The second kappa shape index (κ2) is 8.08. The van der Waals surface area contributed by atoms with E-state index in [4.69, 9.17) is 0 Å². The molecule has 1 unspecified atom stereocenters. The summed E-state index contributed by atoms with van der Waals surface area (Å²) >= 11 is 1.88. The molecule has 1 atom stereocenters. The van der Waals surface area contributed by atoms with Crippen LogP contribution in [0.3, 0.4) is 0 Å². The molecule has 0 radical (unpaired) electrons. The fourth-order valence-corrected chi connectivity index (χ4v) is 2.93. The topological polar surface area (TPSA) is 24.9 Å². The maximum atomic E-state index is 4.20. The molecule has 0 bridgehead atoms. The van der Waals surface area contributed by atoms with Crippen molar-refractivity contribution in [2.24, 2.45) is 0 Å². The zero-order valence-electron chi connectivity index (χ0n) is 12.2. The summed E-state index contributed by atoms with van der Waals surface area (Å²) < 4.78 is 0. The molecule has 0 saturated heterocycles.